The average Bonchev–Trinajstić information content (AvgIpc) is 3.65. The number of nitrogens with one attached hydrogen (secondary N) is 1. The van der Waals surface area contributed by atoms with E-state index in [1.165, 1.54) is 12.8 Å². The molecule has 33 heavy (non-hydrogen) atoms. The predicted molar refractivity (Wildman–Crippen MR) is 137 cm³/mol. The Morgan fingerprint density at radius 3 is 2.48 bits per heavy atom. The molecular weight excluding hydrogens is 430 g/mol. The van der Waals surface area contributed by atoms with Crippen LogP contribution in [0.1, 0.15) is 48.9 Å². The zero-order valence-corrected chi connectivity index (χ0v) is 20.2. The van der Waals surface area contributed by atoms with Crippen LogP contribution in [-0.2, 0) is 0 Å². The molecule has 4 nitrogen and oxygen atoms in total. The van der Waals surface area contributed by atoms with Gasteiger partial charge in [0, 0.05) is 35.1 Å². The Morgan fingerprint density at radius 2 is 1.79 bits per heavy atom. The quantitative estimate of drug-likeness (QED) is 0.398. The van der Waals surface area contributed by atoms with Gasteiger partial charge in [-0.25, -0.2) is 0 Å². The first-order valence-electron chi connectivity index (χ1n) is 12.1. The minimum Gasteiger partial charge on any atom is -0.381 e. The van der Waals surface area contributed by atoms with Crippen molar-refractivity contribution in [3.63, 3.8) is 0 Å². The molecule has 172 valence electrons. The molecule has 1 aromatic heterocycles. The van der Waals surface area contributed by atoms with Crippen molar-refractivity contribution < 1.29 is 4.79 Å². The van der Waals surface area contributed by atoms with Crippen LogP contribution in [0.4, 0.5) is 5.69 Å². The SMILES string of the molecule is CN(C)CC1CCC(Nc2c(C(=O)C3CC3)cnc3ccc(-c4cccc(Cl)c4)cc23)CC1. The summed E-state index contributed by atoms with van der Waals surface area (Å²) in [4.78, 5) is 20.1. The number of aromatic nitrogens is 1. The summed E-state index contributed by atoms with van der Waals surface area (Å²) in [5.74, 6) is 1.16. The molecule has 0 amide bonds. The molecule has 5 heteroatoms. The first-order valence-corrected chi connectivity index (χ1v) is 12.5. The number of halogens is 1. The third-order valence-corrected chi connectivity index (χ3v) is 7.29. The lowest BCUT2D eigenvalue weighted by molar-refractivity contribution is 0.0968. The average molecular weight is 462 g/mol. The maximum absolute atomic E-state index is 13.2. The van der Waals surface area contributed by atoms with Gasteiger partial charge in [-0.2, -0.15) is 0 Å². The number of ketones is 1. The van der Waals surface area contributed by atoms with E-state index >= 15 is 0 Å². The van der Waals surface area contributed by atoms with Crippen LogP contribution in [0.15, 0.2) is 48.7 Å². The molecule has 0 atom stereocenters. The number of carbonyl (C=O) groups excluding carboxylic acids is 1. The fourth-order valence-corrected chi connectivity index (χ4v) is 5.35. The number of nitrogens with zero attached hydrogens (tertiary/aromatic N) is 2. The highest BCUT2D eigenvalue weighted by molar-refractivity contribution is 6.30. The minimum atomic E-state index is 0.164. The van der Waals surface area contributed by atoms with Gasteiger partial charge in [-0.15, -0.1) is 0 Å². The Morgan fingerprint density at radius 1 is 1.03 bits per heavy atom. The zero-order chi connectivity index (χ0) is 22.9. The molecule has 0 bridgehead atoms. The summed E-state index contributed by atoms with van der Waals surface area (Å²) in [5, 5.41) is 5.56. The van der Waals surface area contributed by atoms with Gasteiger partial charge in [-0.3, -0.25) is 9.78 Å². The summed E-state index contributed by atoms with van der Waals surface area (Å²) in [6, 6.07) is 14.6. The van der Waals surface area contributed by atoms with Crippen LogP contribution < -0.4 is 5.32 Å². The van der Waals surface area contributed by atoms with Crippen LogP contribution in [0.2, 0.25) is 5.02 Å². The van der Waals surface area contributed by atoms with Crippen molar-refractivity contribution in [1.29, 1.82) is 0 Å². The van der Waals surface area contributed by atoms with Gasteiger partial charge in [0.1, 0.15) is 0 Å². The number of Topliss-reactive ketones (excluding diaryl/α,β-unsaturated/α-hetero) is 1. The number of carbonyl (C=O) groups is 1. The first-order chi connectivity index (χ1) is 16.0. The Kier molecular flexibility index (Phi) is 6.40. The minimum absolute atomic E-state index is 0.164. The van der Waals surface area contributed by atoms with Gasteiger partial charge in [0.2, 0.25) is 0 Å². The van der Waals surface area contributed by atoms with Gasteiger partial charge in [0.25, 0.3) is 0 Å². The normalized spacial score (nSPS) is 20.8. The smallest absolute Gasteiger partial charge is 0.169 e. The van der Waals surface area contributed by atoms with Crippen molar-refractivity contribution in [2.45, 2.75) is 44.6 Å². The van der Waals surface area contributed by atoms with Crippen LogP contribution in [0.5, 0.6) is 0 Å². The number of pyridine rings is 1. The van der Waals surface area contributed by atoms with Crippen LogP contribution >= 0.6 is 11.6 Å². The fourth-order valence-electron chi connectivity index (χ4n) is 5.16. The van der Waals surface area contributed by atoms with E-state index in [9.17, 15) is 4.79 Å². The maximum Gasteiger partial charge on any atom is 0.169 e. The number of benzene rings is 2. The van der Waals surface area contributed by atoms with E-state index in [4.69, 9.17) is 11.6 Å². The molecule has 0 radical (unpaired) electrons. The monoisotopic (exact) mass is 461 g/mol. The molecule has 0 spiro atoms. The number of fused-ring (bicyclic) bond motifs is 1. The molecule has 1 N–H and O–H groups in total. The molecule has 2 aliphatic carbocycles. The standard InChI is InChI=1S/C28H32ClN3O/c1-32(2)17-18-6-11-23(12-7-18)31-27-24-15-21(20-4-3-5-22(29)14-20)10-13-26(24)30-16-25(27)28(33)19-8-9-19/h3-5,10,13-16,18-19,23H,6-9,11-12,17H2,1-2H3,(H,30,31). The van der Waals surface area contributed by atoms with Gasteiger partial charge < -0.3 is 10.2 Å². The molecule has 2 aliphatic rings. The van der Waals surface area contributed by atoms with E-state index < -0.39 is 0 Å². The van der Waals surface area contributed by atoms with E-state index in [1.54, 1.807) is 6.20 Å². The van der Waals surface area contributed by atoms with Crippen molar-refractivity contribution in [3.05, 3.63) is 59.2 Å². The molecule has 0 unspecified atom stereocenters. The third kappa shape index (κ3) is 5.07. The second-order valence-corrected chi connectivity index (χ2v) is 10.5. The van der Waals surface area contributed by atoms with Crippen molar-refractivity contribution >= 4 is 34.0 Å². The number of anilines is 1. The van der Waals surface area contributed by atoms with Crippen LogP contribution in [0, 0.1) is 11.8 Å². The highest BCUT2D eigenvalue weighted by Gasteiger charge is 2.33. The Balaban J connectivity index is 1.50. The summed E-state index contributed by atoms with van der Waals surface area (Å²) >= 11 is 6.25. The maximum atomic E-state index is 13.2. The van der Waals surface area contributed by atoms with Gasteiger partial charge in [0.05, 0.1) is 16.8 Å². The lowest BCUT2D eigenvalue weighted by atomic mass is 9.85. The van der Waals surface area contributed by atoms with Gasteiger partial charge in [0.15, 0.2) is 5.78 Å². The van der Waals surface area contributed by atoms with E-state index in [0.29, 0.717) is 6.04 Å². The molecule has 5 rings (SSSR count). The number of rotatable bonds is 7. The second kappa shape index (κ2) is 9.44. The zero-order valence-electron chi connectivity index (χ0n) is 19.5. The van der Waals surface area contributed by atoms with Crippen molar-refractivity contribution in [2.75, 3.05) is 26.0 Å². The molecule has 2 aromatic carbocycles. The molecular formula is C28H32ClN3O. The van der Waals surface area contributed by atoms with E-state index in [0.717, 1.165) is 76.4 Å². The Labute approximate surface area is 201 Å². The van der Waals surface area contributed by atoms with Crippen molar-refractivity contribution in [1.82, 2.24) is 9.88 Å². The van der Waals surface area contributed by atoms with E-state index in [-0.39, 0.29) is 11.7 Å². The lowest BCUT2D eigenvalue weighted by Crippen LogP contribution is -2.31. The lowest BCUT2D eigenvalue weighted by Gasteiger charge is -2.32. The molecule has 2 fully saturated rings. The second-order valence-electron chi connectivity index (χ2n) is 10.1. The fraction of sp³-hybridized carbons (Fsp3) is 0.429. The molecule has 0 saturated heterocycles. The molecule has 1 heterocycles. The Bertz CT molecular complexity index is 1160. The van der Waals surface area contributed by atoms with Gasteiger partial charge in [-0.1, -0.05) is 29.8 Å². The highest BCUT2D eigenvalue weighted by Crippen LogP contribution is 2.39. The van der Waals surface area contributed by atoms with Crippen molar-refractivity contribution in [3.8, 4) is 11.1 Å². The Hall–Kier alpha value is -2.43. The predicted octanol–water partition coefficient (Wildman–Crippen LogP) is 6.68. The summed E-state index contributed by atoms with van der Waals surface area (Å²) in [6.07, 6.45) is 8.49. The van der Waals surface area contributed by atoms with E-state index in [1.807, 2.05) is 18.2 Å². The van der Waals surface area contributed by atoms with Gasteiger partial charge >= 0.3 is 0 Å². The van der Waals surface area contributed by atoms with Crippen molar-refractivity contribution in [2.24, 2.45) is 11.8 Å². The third-order valence-electron chi connectivity index (χ3n) is 7.06. The van der Waals surface area contributed by atoms with Gasteiger partial charge in [-0.05, 0) is 93.9 Å². The number of hydrogen-bond acceptors (Lipinski definition) is 4. The largest absolute Gasteiger partial charge is 0.381 e. The molecule has 0 aliphatic heterocycles. The number of hydrogen-bond donors (Lipinski definition) is 1. The van der Waals surface area contributed by atoms with Crippen LogP contribution in [-0.4, -0.2) is 42.3 Å². The summed E-state index contributed by atoms with van der Waals surface area (Å²) in [7, 11) is 4.31. The summed E-state index contributed by atoms with van der Waals surface area (Å²) in [6.45, 7) is 1.15. The molecule has 3 aromatic rings. The molecule has 2 saturated carbocycles. The highest BCUT2D eigenvalue weighted by atomic mass is 35.5. The van der Waals surface area contributed by atoms with Crippen LogP contribution in [0.25, 0.3) is 22.0 Å². The first kappa shape index (κ1) is 22.4. The topological polar surface area (TPSA) is 45.2 Å². The van der Waals surface area contributed by atoms with Crippen LogP contribution in [0.3, 0.4) is 0 Å². The summed E-state index contributed by atoms with van der Waals surface area (Å²) < 4.78 is 0. The van der Waals surface area contributed by atoms with E-state index in [2.05, 4.69) is 53.6 Å². The summed E-state index contributed by atoms with van der Waals surface area (Å²) in [5.41, 5.74) is 4.79.